The van der Waals surface area contributed by atoms with Crippen molar-refractivity contribution in [1.82, 2.24) is 10.2 Å². The minimum atomic E-state index is -0.484. The van der Waals surface area contributed by atoms with Crippen molar-refractivity contribution in [2.24, 2.45) is 0 Å². The first-order valence-electron chi connectivity index (χ1n) is 10.1. The molecule has 7 heteroatoms. The van der Waals surface area contributed by atoms with Crippen LogP contribution in [-0.2, 0) is 11.2 Å². The van der Waals surface area contributed by atoms with Gasteiger partial charge in [-0.3, -0.25) is 9.59 Å². The van der Waals surface area contributed by atoms with E-state index >= 15 is 0 Å². The van der Waals surface area contributed by atoms with Gasteiger partial charge in [0.15, 0.2) is 11.5 Å². The van der Waals surface area contributed by atoms with Crippen LogP contribution >= 0.6 is 0 Å². The number of carbonyl (C=O) groups is 2. The van der Waals surface area contributed by atoms with Gasteiger partial charge in [-0.15, -0.1) is 0 Å². The quantitative estimate of drug-likeness (QED) is 0.838. The summed E-state index contributed by atoms with van der Waals surface area (Å²) in [6.45, 7) is 1.62. The van der Waals surface area contributed by atoms with Crippen LogP contribution in [0.25, 0.3) is 0 Å². The largest absolute Gasteiger partial charge is 0.493 e. The van der Waals surface area contributed by atoms with E-state index in [0.29, 0.717) is 61.7 Å². The molecule has 2 aromatic rings. The van der Waals surface area contributed by atoms with Gasteiger partial charge < -0.3 is 24.4 Å². The molecule has 0 aliphatic carbocycles. The van der Waals surface area contributed by atoms with Crippen LogP contribution in [0, 0.1) is 0 Å². The molecule has 0 unspecified atom stereocenters. The Morgan fingerprint density at radius 3 is 2.57 bits per heavy atom. The van der Waals surface area contributed by atoms with E-state index in [0.717, 1.165) is 5.56 Å². The van der Waals surface area contributed by atoms with Gasteiger partial charge >= 0.3 is 0 Å². The van der Waals surface area contributed by atoms with E-state index in [1.54, 1.807) is 20.3 Å². The average Bonchev–Trinajstić information content (AvgIpc) is 2.91. The van der Waals surface area contributed by atoms with Crippen molar-refractivity contribution in [3.63, 3.8) is 0 Å². The number of para-hydroxylation sites is 1. The van der Waals surface area contributed by atoms with Crippen LogP contribution in [0.15, 0.2) is 42.5 Å². The number of likely N-dealkylation sites (tertiary alicyclic amines) is 1. The smallest absolute Gasteiger partial charge is 0.255 e. The third-order valence-electron chi connectivity index (χ3n) is 5.86. The second-order valence-electron chi connectivity index (χ2n) is 7.71. The van der Waals surface area contributed by atoms with E-state index in [1.807, 2.05) is 41.3 Å². The molecule has 1 N–H and O–H groups in total. The summed E-state index contributed by atoms with van der Waals surface area (Å²) in [5, 5.41) is 2.98. The van der Waals surface area contributed by atoms with Crippen molar-refractivity contribution in [1.29, 1.82) is 0 Å². The fourth-order valence-electron chi connectivity index (χ4n) is 4.07. The second-order valence-corrected chi connectivity index (χ2v) is 7.71. The molecule has 0 saturated carbocycles. The third kappa shape index (κ3) is 3.92. The zero-order valence-electron chi connectivity index (χ0n) is 17.3. The molecular weight excluding hydrogens is 384 g/mol. The van der Waals surface area contributed by atoms with E-state index in [-0.39, 0.29) is 11.8 Å². The average molecular weight is 410 g/mol. The maximum Gasteiger partial charge on any atom is 0.255 e. The van der Waals surface area contributed by atoms with Crippen molar-refractivity contribution < 1.29 is 23.8 Å². The van der Waals surface area contributed by atoms with Crippen LogP contribution in [0.3, 0.4) is 0 Å². The van der Waals surface area contributed by atoms with Crippen LogP contribution in [0.5, 0.6) is 17.2 Å². The Morgan fingerprint density at radius 2 is 1.83 bits per heavy atom. The van der Waals surface area contributed by atoms with E-state index in [2.05, 4.69) is 5.32 Å². The number of nitrogens with zero attached hydrogens (tertiary/aromatic N) is 1. The number of piperidine rings is 1. The van der Waals surface area contributed by atoms with Gasteiger partial charge in [0, 0.05) is 25.9 Å². The number of rotatable bonds is 4. The van der Waals surface area contributed by atoms with Crippen LogP contribution in [-0.4, -0.2) is 56.2 Å². The molecule has 158 valence electrons. The minimum absolute atomic E-state index is 0.0649. The molecule has 0 atom stereocenters. The highest BCUT2D eigenvalue weighted by atomic mass is 16.5. The zero-order valence-corrected chi connectivity index (χ0v) is 17.3. The molecule has 30 heavy (non-hydrogen) atoms. The molecule has 2 amide bonds. The van der Waals surface area contributed by atoms with E-state index < -0.39 is 5.60 Å². The molecular formula is C23H26N2O5. The molecule has 2 aliphatic heterocycles. The molecule has 0 aromatic heterocycles. The van der Waals surface area contributed by atoms with Crippen LogP contribution < -0.4 is 19.5 Å². The van der Waals surface area contributed by atoms with Crippen LogP contribution in [0.1, 0.15) is 28.8 Å². The van der Waals surface area contributed by atoms with Crippen molar-refractivity contribution in [3.8, 4) is 17.2 Å². The summed E-state index contributed by atoms with van der Waals surface area (Å²) in [6.07, 6.45) is 1.63. The number of methoxy groups -OCH3 is 2. The Hall–Kier alpha value is -3.22. The van der Waals surface area contributed by atoms with Gasteiger partial charge in [-0.25, -0.2) is 0 Å². The lowest BCUT2D eigenvalue weighted by molar-refractivity contribution is -0.133. The normalized spacial score (nSPS) is 17.4. The Balaban J connectivity index is 1.41. The van der Waals surface area contributed by atoms with Crippen molar-refractivity contribution in [2.75, 3.05) is 33.9 Å². The summed E-state index contributed by atoms with van der Waals surface area (Å²) in [7, 11) is 3.17. The maximum absolute atomic E-state index is 12.9. The summed E-state index contributed by atoms with van der Waals surface area (Å²) in [5.41, 5.74) is 0.953. The van der Waals surface area contributed by atoms with E-state index in [1.165, 1.54) is 0 Å². The Labute approximate surface area is 175 Å². The Kier molecular flexibility index (Phi) is 5.53. The van der Waals surface area contributed by atoms with Gasteiger partial charge in [0.2, 0.25) is 5.91 Å². The van der Waals surface area contributed by atoms with Crippen LogP contribution in [0.4, 0.5) is 0 Å². The molecule has 0 radical (unpaired) electrons. The number of amides is 2. The third-order valence-corrected chi connectivity index (χ3v) is 5.86. The molecule has 4 rings (SSSR count). The van der Waals surface area contributed by atoms with Gasteiger partial charge in [0.1, 0.15) is 11.4 Å². The fraction of sp³-hybridized carbons (Fsp3) is 0.391. The molecule has 2 aliphatic rings. The van der Waals surface area contributed by atoms with Gasteiger partial charge in [0.05, 0.1) is 32.7 Å². The minimum Gasteiger partial charge on any atom is -0.493 e. The van der Waals surface area contributed by atoms with Crippen LogP contribution in [0.2, 0.25) is 0 Å². The molecule has 1 fully saturated rings. The molecule has 1 spiro atoms. The number of benzene rings is 2. The lowest BCUT2D eigenvalue weighted by Gasteiger charge is -2.41. The molecule has 1 saturated heterocycles. The highest BCUT2D eigenvalue weighted by Gasteiger charge is 2.40. The highest BCUT2D eigenvalue weighted by Crippen LogP contribution is 2.33. The number of fused-ring (bicyclic) bond motifs is 1. The van der Waals surface area contributed by atoms with Crippen molar-refractivity contribution in [3.05, 3.63) is 53.6 Å². The number of hydrogen-bond donors (Lipinski definition) is 1. The summed E-state index contributed by atoms with van der Waals surface area (Å²) in [5.74, 6) is 1.81. The summed E-state index contributed by atoms with van der Waals surface area (Å²) in [4.78, 5) is 27.0. The Morgan fingerprint density at radius 1 is 1.10 bits per heavy atom. The second kappa shape index (κ2) is 8.26. The summed E-state index contributed by atoms with van der Waals surface area (Å²) >= 11 is 0. The topological polar surface area (TPSA) is 77.1 Å². The van der Waals surface area contributed by atoms with Gasteiger partial charge in [-0.1, -0.05) is 18.2 Å². The van der Waals surface area contributed by atoms with E-state index in [4.69, 9.17) is 14.2 Å². The molecule has 2 aromatic carbocycles. The monoisotopic (exact) mass is 410 g/mol. The predicted molar refractivity (Wildman–Crippen MR) is 111 cm³/mol. The first kappa shape index (κ1) is 20.1. The van der Waals surface area contributed by atoms with Gasteiger partial charge in [0.25, 0.3) is 5.91 Å². The fourth-order valence-corrected chi connectivity index (χ4v) is 4.07. The van der Waals surface area contributed by atoms with E-state index in [9.17, 15) is 9.59 Å². The zero-order chi connectivity index (χ0) is 21.1. The molecule has 2 heterocycles. The Bertz CT molecular complexity index is 950. The first-order valence-corrected chi connectivity index (χ1v) is 10.1. The predicted octanol–water partition coefficient (Wildman–Crippen LogP) is 2.43. The van der Waals surface area contributed by atoms with Gasteiger partial charge in [-0.05, 0) is 29.8 Å². The lowest BCUT2D eigenvalue weighted by atomic mass is 9.90. The number of nitrogens with one attached hydrogen (secondary N) is 1. The first-order chi connectivity index (χ1) is 14.5. The molecule has 7 nitrogen and oxygen atoms in total. The lowest BCUT2D eigenvalue weighted by Crippen LogP contribution is -2.54. The number of ether oxygens (including phenoxy) is 3. The highest BCUT2D eigenvalue weighted by molar-refractivity contribution is 5.97. The maximum atomic E-state index is 12.9. The SMILES string of the molecule is COc1ccc(CC(=O)N2CCC3(CC2)CNC(=O)c2ccccc2O3)cc1OC. The standard InChI is InChI=1S/C23H26N2O5/c1-28-19-8-7-16(13-20(19)29-2)14-21(26)25-11-9-23(10-12-25)15-24-22(27)17-5-3-4-6-18(17)30-23/h3-8,13H,9-12,14-15H2,1-2H3,(H,24,27). The number of carbonyl (C=O) groups excluding carboxylic acids is 2. The van der Waals surface area contributed by atoms with Crippen molar-refractivity contribution >= 4 is 11.8 Å². The summed E-state index contributed by atoms with van der Waals surface area (Å²) in [6, 6.07) is 12.8. The summed E-state index contributed by atoms with van der Waals surface area (Å²) < 4.78 is 16.9. The van der Waals surface area contributed by atoms with Crippen molar-refractivity contribution in [2.45, 2.75) is 24.9 Å². The molecule has 0 bridgehead atoms. The van der Waals surface area contributed by atoms with Gasteiger partial charge in [-0.2, -0.15) is 0 Å². The number of hydrogen-bond acceptors (Lipinski definition) is 5.